The highest BCUT2D eigenvalue weighted by molar-refractivity contribution is 8.20. The summed E-state index contributed by atoms with van der Waals surface area (Å²) in [5.41, 5.74) is 1.21. The van der Waals surface area contributed by atoms with E-state index in [2.05, 4.69) is 4.98 Å². The summed E-state index contributed by atoms with van der Waals surface area (Å²) in [7, 11) is 6.73. The average Bonchev–Trinajstić information content (AvgIpc) is 1.91. The summed E-state index contributed by atoms with van der Waals surface area (Å²) in [4.78, 5) is 3.88. The Balaban J connectivity index is 2.61. The minimum Gasteiger partial charge on any atom is -0.265 e. The second kappa shape index (κ2) is 3.75. The zero-order chi connectivity index (χ0) is 6.53. The maximum Gasteiger partial charge on any atom is 0.0338 e. The van der Waals surface area contributed by atoms with Crippen LogP contribution in [0.15, 0.2) is 24.5 Å². The quantitative estimate of drug-likeness (QED) is 0.658. The summed E-state index contributed by atoms with van der Waals surface area (Å²) in [5.74, 6) is 0.851. The Kier molecular flexibility index (Phi) is 2.87. The third kappa shape index (κ3) is 2.24. The first kappa shape index (κ1) is 6.90. The van der Waals surface area contributed by atoms with E-state index < -0.39 is 0 Å². The van der Waals surface area contributed by atoms with Gasteiger partial charge in [-0.05, 0) is 28.4 Å². The third-order valence-electron chi connectivity index (χ3n) is 0.971. The fraction of sp³-hybridized carbons (Fsp3) is 0.167. The number of rotatable bonds is 2. The van der Waals surface area contributed by atoms with E-state index in [0.29, 0.717) is 0 Å². The molecule has 1 rings (SSSR count). The van der Waals surface area contributed by atoms with Gasteiger partial charge in [0.15, 0.2) is 0 Å². The van der Waals surface area contributed by atoms with E-state index in [4.69, 9.17) is 10.7 Å². The molecule has 9 heavy (non-hydrogen) atoms. The molecule has 0 aromatic carbocycles. The Morgan fingerprint density at radius 3 is 2.67 bits per heavy atom. The molecule has 0 fully saturated rings. The van der Waals surface area contributed by atoms with E-state index in [1.54, 1.807) is 12.4 Å². The van der Waals surface area contributed by atoms with Gasteiger partial charge >= 0.3 is 0 Å². The molecule has 0 saturated carbocycles. The number of hydrogen-bond donors (Lipinski definition) is 0. The lowest BCUT2D eigenvalue weighted by Gasteiger charge is -1.91. The Hall–Kier alpha value is -0.210. The van der Waals surface area contributed by atoms with Crippen LogP contribution in [0.4, 0.5) is 0 Å². The highest BCUT2D eigenvalue weighted by atomic mass is 35.7. The van der Waals surface area contributed by atoms with Gasteiger partial charge in [0.1, 0.15) is 0 Å². The van der Waals surface area contributed by atoms with Crippen molar-refractivity contribution in [3.8, 4) is 0 Å². The lowest BCUT2D eigenvalue weighted by Crippen LogP contribution is -1.76. The molecule has 0 radical (unpaired) electrons. The normalized spacial score (nSPS) is 9.44. The predicted molar refractivity (Wildman–Crippen MR) is 41.4 cm³/mol. The van der Waals surface area contributed by atoms with Gasteiger partial charge in [-0.2, -0.15) is 0 Å². The van der Waals surface area contributed by atoms with Crippen molar-refractivity contribution >= 4 is 21.7 Å². The topological polar surface area (TPSA) is 12.9 Å². The molecule has 0 atom stereocenters. The number of halogens is 1. The molecule has 3 heteroatoms. The molecule has 0 spiro atoms. The summed E-state index contributed by atoms with van der Waals surface area (Å²) in [6.45, 7) is 0. The molecule has 1 aromatic rings. The standard InChI is InChI=1S/C6H6ClNS/c7-9-5-6-1-3-8-4-2-6/h1-4H,5H2. The van der Waals surface area contributed by atoms with Crippen LogP contribution in [-0.2, 0) is 5.75 Å². The molecule has 1 nitrogen and oxygen atoms in total. The van der Waals surface area contributed by atoms with Crippen LogP contribution in [0, 0.1) is 0 Å². The van der Waals surface area contributed by atoms with Crippen molar-refractivity contribution in [3.63, 3.8) is 0 Å². The lowest BCUT2D eigenvalue weighted by atomic mass is 10.3. The minimum absolute atomic E-state index is 0.851. The molecule has 0 aliphatic carbocycles. The fourth-order valence-corrected chi connectivity index (χ4v) is 1.24. The second-order valence-electron chi connectivity index (χ2n) is 1.61. The van der Waals surface area contributed by atoms with Crippen LogP contribution < -0.4 is 0 Å². The summed E-state index contributed by atoms with van der Waals surface area (Å²) >= 11 is 0. The van der Waals surface area contributed by atoms with Gasteiger partial charge in [0, 0.05) is 18.1 Å². The van der Waals surface area contributed by atoms with E-state index in [-0.39, 0.29) is 0 Å². The molecule has 0 amide bonds. The van der Waals surface area contributed by atoms with E-state index in [9.17, 15) is 0 Å². The third-order valence-corrected chi connectivity index (χ3v) is 1.74. The van der Waals surface area contributed by atoms with E-state index in [0.717, 1.165) is 5.75 Å². The first-order valence-electron chi connectivity index (χ1n) is 2.56. The molecular weight excluding hydrogens is 154 g/mol. The fourth-order valence-electron chi connectivity index (χ4n) is 0.542. The molecule has 0 aliphatic rings. The van der Waals surface area contributed by atoms with Gasteiger partial charge in [0.25, 0.3) is 0 Å². The van der Waals surface area contributed by atoms with Crippen LogP contribution in [0.25, 0.3) is 0 Å². The monoisotopic (exact) mass is 159 g/mol. The first-order valence-corrected chi connectivity index (χ1v) is 4.37. The maximum absolute atomic E-state index is 5.43. The van der Waals surface area contributed by atoms with Crippen LogP contribution >= 0.6 is 21.7 Å². The van der Waals surface area contributed by atoms with Crippen molar-refractivity contribution in [1.29, 1.82) is 0 Å². The molecule has 0 saturated heterocycles. The van der Waals surface area contributed by atoms with Gasteiger partial charge in [-0.15, -0.1) is 0 Å². The Morgan fingerprint density at radius 2 is 2.11 bits per heavy atom. The smallest absolute Gasteiger partial charge is 0.0338 e. The SMILES string of the molecule is ClSCc1ccncc1. The highest BCUT2D eigenvalue weighted by Gasteiger charge is 1.87. The number of aromatic nitrogens is 1. The predicted octanol–water partition coefficient (Wildman–Crippen LogP) is 2.47. The zero-order valence-corrected chi connectivity index (χ0v) is 6.32. The molecule has 0 bridgehead atoms. The number of pyridine rings is 1. The van der Waals surface area contributed by atoms with Crippen LogP contribution in [0.2, 0.25) is 0 Å². The van der Waals surface area contributed by atoms with Crippen molar-refractivity contribution in [2.75, 3.05) is 0 Å². The largest absolute Gasteiger partial charge is 0.265 e. The molecule has 48 valence electrons. The molecule has 0 aliphatic heterocycles. The Morgan fingerprint density at radius 1 is 1.44 bits per heavy atom. The summed E-state index contributed by atoms with van der Waals surface area (Å²) in [6, 6.07) is 3.91. The minimum atomic E-state index is 0.851. The molecular formula is C6H6ClNS. The van der Waals surface area contributed by atoms with Gasteiger partial charge in [0.05, 0.1) is 0 Å². The summed E-state index contributed by atoms with van der Waals surface area (Å²) < 4.78 is 0. The van der Waals surface area contributed by atoms with Gasteiger partial charge in [0.2, 0.25) is 0 Å². The Labute approximate surface area is 62.9 Å². The van der Waals surface area contributed by atoms with E-state index in [1.165, 1.54) is 16.5 Å². The van der Waals surface area contributed by atoms with Crippen LogP contribution in [0.3, 0.4) is 0 Å². The average molecular weight is 160 g/mol. The van der Waals surface area contributed by atoms with Crippen LogP contribution in [0.1, 0.15) is 5.56 Å². The maximum atomic E-state index is 5.43. The highest BCUT2D eigenvalue weighted by Crippen LogP contribution is 2.13. The van der Waals surface area contributed by atoms with E-state index >= 15 is 0 Å². The lowest BCUT2D eigenvalue weighted by molar-refractivity contribution is 1.27. The van der Waals surface area contributed by atoms with Crippen LogP contribution in [0.5, 0.6) is 0 Å². The van der Waals surface area contributed by atoms with Gasteiger partial charge in [-0.25, -0.2) is 0 Å². The van der Waals surface area contributed by atoms with Crippen molar-refractivity contribution in [2.45, 2.75) is 5.75 Å². The number of hydrogen-bond acceptors (Lipinski definition) is 2. The van der Waals surface area contributed by atoms with E-state index in [1.807, 2.05) is 12.1 Å². The van der Waals surface area contributed by atoms with Crippen molar-refractivity contribution in [2.24, 2.45) is 0 Å². The van der Waals surface area contributed by atoms with Gasteiger partial charge in [-0.1, -0.05) is 11.0 Å². The van der Waals surface area contributed by atoms with Crippen molar-refractivity contribution in [1.82, 2.24) is 4.98 Å². The molecule has 0 N–H and O–H groups in total. The summed E-state index contributed by atoms with van der Waals surface area (Å²) in [5, 5.41) is 0. The van der Waals surface area contributed by atoms with Gasteiger partial charge in [-0.3, -0.25) is 4.98 Å². The molecule has 1 aromatic heterocycles. The van der Waals surface area contributed by atoms with Crippen molar-refractivity contribution in [3.05, 3.63) is 30.1 Å². The Bertz CT molecular complexity index is 166. The van der Waals surface area contributed by atoms with Crippen LogP contribution in [-0.4, -0.2) is 4.98 Å². The number of nitrogens with zero attached hydrogens (tertiary/aromatic N) is 1. The van der Waals surface area contributed by atoms with Gasteiger partial charge < -0.3 is 0 Å². The molecule has 1 heterocycles. The zero-order valence-electron chi connectivity index (χ0n) is 4.75. The first-order chi connectivity index (χ1) is 4.43. The summed E-state index contributed by atoms with van der Waals surface area (Å²) in [6.07, 6.45) is 3.53. The van der Waals surface area contributed by atoms with Crippen molar-refractivity contribution < 1.29 is 0 Å². The second-order valence-corrected chi connectivity index (χ2v) is 2.77. The molecule has 0 unspecified atom stereocenters.